The SMILES string of the molecule is O=C(NCCc1ccc(F)cc1)C1CC(=O)N(CCc2c[nH]c3ccc(F)cc23)C1. The molecular weight excluding hydrogens is 388 g/mol. The molecular formula is C23H23F2N3O2. The number of benzene rings is 2. The molecule has 2 heterocycles. The predicted octanol–water partition coefficient (Wildman–Crippen LogP) is 3.20. The number of aromatic nitrogens is 1. The number of amides is 2. The van der Waals surface area contributed by atoms with Crippen molar-refractivity contribution < 1.29 is 18.4 Å². The molecule has 0 spiro atoms. The maximum atomic E-state index is 13.5. The molecule has 5 nitrogen and oxygen atoms in total. The first-order chi connectivity index (χ1) is 14.5. The van der Waals surface area contributed by atoms with Gasteiger partial charge >= 0.3 is 0 Å². The van der Waals surface area contributed by atoms with Crippen LogP contribution in [0.1, 0.15) is 17.5 Å². The summed E-state index contributed by atoms with van der Waals surface area (Å²) in [6, 6.07) is 10.8. The van der Waals surface area contributed by atoms with E-state index < -0.39 is 0 Å². The van der Waals surface area contributed by atoms with E-state index >= 15 is 0 Å². The summed E-state index contributed by atoms with van der Waals surface area (Å²) in [5.41, 5.74) is 2.75. The Labute approximate surface area is 173 Å². The zero-order valence-corrected chi connectivity index (χ0v) is 16.5. The maximum absolute atomic E-state index is 13.5. The second-order valence-corrected chi connectivity index (χ2v) is 7.66. The minimum absolute atomic E-state index is 0.0419. The van der Waals surface area contributed by atoms with Crippen molar-refractivity contribution in [3.63, 3.8) is 0 Å². The molecule has 0 bridgehead atoms. The summed E-state index contributed by atoms with van der Waals surface area (Å²) in [6.07, 6.45) is 3.23. The Balaban J connectivity index is 1.27. The van der Waals surface area contributed by atoms with Gasteiger partial charge < -0.3 is 15.2 Å². The topological polar surface area (TPSA) is 65.2 Å². The minimum atomic E-state index is -0.369. The van der Waals surface area contributed by atoms with Gasteiger partial charge in [0, 0.05) is 43.2 Å². The third-order valence-corrected chi connectivity index (χ3v) is 5.59. The van der Waals surface area contributed by atoms with E-state index in [-0.39, 0.29) is 35.8 Å². The van der Waals surface area contributed by atoms with Crippen LogP contribution in [0, 0.1) is 17.6 Å². The summed E-state index contributed by atoms with van der Waals surface area (Å²) in [5, 5.41) is 3.69. The van der Waals surface area contributed by atoms with Crippen LogP contribution in [-0.2, 0) is 22.4 Å². The lowest BCUT2D eigenvalue weighted by atomic mass is 10.1. The molecule has 1 atom stereocenters. The van der Waals surface area contributed by atoms with Crippen molar-refractivity contribution in [2.75, 3.05) is 19.6 Å². The maximum Gasteiger partial charge on any atom is 0.225 e. The zero-order chi connectivity index (χ0) is 21.1. The van der Waals surface area contributed by atoms with Crippen molar-refractivity contribution in [3.05, 3.63) is 71.4 Å². The molecule has 1 fully saturated rings. The first-order valence-corrected chi connectivity index (χ1v) is 10.0. The van der Waals surface area contributed by atoms with Crippen LogP contribution in [0.4, 0.5) is 8.78 Å². The molecule has 1 unspecified atom stereocenters. The fourth-order valence-electron chi connectivity index (χ4n) is 3.90. The summed E-state index contributed by atoms with van der Waals surface area (Å²) in [4.78, 5) is 29.6. The van der Waals surface area contributed by atoms with Crippen LogP contribution in [0.25, 0.3) is 10.9 Å². The van der Waals surface area contributed by atoms with Crippen molar-refractivity contribution in [1.29, 1.82) is 0 Å². The third-order valence-electron chi connectivity index (χ3n) is 5.59. The Hall–Kier alpha value is -3.22. The summed E-state index contributed by atoms with van der Waals surface area (Å²) >= 11 is 0. The average Bonchev–Trinajstić information content (AvgIpc) is 3.30. The molecule has 3 aromatic rings. The number of carbonyl (C=O) groups excluding carboxylic acids is 2. The second-order valence-electron chi connectivity index (χ2n) is 7.66. The first kappa shape index (κ1) is 20.1. The van der Waals surface area contributed by atoms with Gasteiger partial charge in [-0.15, -0.1) is 0 Å². The van der Waals surface area contributed by atoms with E-state index in [1.54, 1.807) is 23.1 Å². The van der Waals surface area contributed by atoms with E-state index in [0.29, 0.717) is 32.5 Å². The van der Waals surface area contributed by atoms with Crippen LogP contribution >= 0.6 is 0 Å². The lowest BCUT2D eigenvalue weighted by Crippen LogP contribution is -2.34. The largest absolute Gasteiger partial charge is 0.361 e. The number of H-pyrrole nitrogens is 1. The van der Waals surface area contributed by atoms with Crippen molar-refractivity contribution in [2.24, 2.45) is 5.92 Å². The number of hydrogen-bond donors (Lipinski definition) is 2. The number of aromatic amines is 1. The molecule has 156 valence electrons. The predicted molar refractivity (Wildman–Crippen MR) is 110 cm³/mol. The number of carbonyl (C=O) groups is 2. The summed E-state index contributed by atoms with van der Waals surface area (Å²) in [7, 11) is 0. The van der Waals surface area contributed by atoms with Gasteiger partial charge in [0.25, 0.3) is 0 Å². The Morgan fingerprint density at radius 1 is 1.10 bits per heavy atom. The van der Waals surface area contributed by atoms with Crippen molar-refractivity contribution in [1.82, 2.24) is 15.2 Å². The molecule has 1 aliphatic rings. The van der Waals surface area contributed by atoms with Crippen LogP contribution < -0.4 is 5.32 Å². The lowest BCUT2D eigenvalue weighted by molar-refractivity contribution is -0.129. The molecule has 2 amide bonds. The Kier molecular flexibility index (Phi) is 5.79. The number of rotatable bonds is 7. The number of likely N-dealkylation sites (tertiary alicyclic amines) is 1. The van der Waals surface area contributed by atoms with Crippen LogP contribution in [0.5, 0.6) is 0 Å². The molecule has 7 heteroatoms. The van der Waals surface area contributed by atoms with Gasteiger partial charge in [-0.05, 0) is 54.3 Å². The fourth-order valence-corrected chi connectivity index (χ4v) is 3.90. The Morgan fingerprint density at radius 2 is 1.87 bits per heavy atom. The highest BCUT2D eigenvalue weighted by Crippen LogP contribution is 2.22. The van der Waals surface area contributed by atoms with E-state index in [2.05, 4.69) is 10.3 Å². The third kappa shape index (κ3) is 4.50. The van der Waals surface area contributed by atoms with Crippen molar-refractivity contribution >= 4 is 22.7 Å². The van der Waals surface area contributed by atoms with Gasteiger partial charge in [0.2, 0.25) is 11.8 Å². The number of nitrogens with one attached hydrogen (secondary N) is 2. The van der Waals surface area contributed by atoms with Crippen LogP contribution in [0.2, 0.25) is 0 Å². The van der Waals surface area contributed by atoms with Gasteiger partial charge in [-0.1, -0.05) is 12.1 Å². The molecule has 30 heavy (non-hydrogen) atoms. The molecule has 0 aliphatic carbocycles. The van der Waals surface area contributed by atoms with E-state index in [1.165, 1.54) is 24.3 Å². The molecule has 1 saturated heterocycles. The van der Waals surface area contributed by atoms with Gasteiger partial charge in [-0.3, -0.25) is 9.59 Å². The van der Waals surface area contributed by atoms with Crippen molar-refractivity contribution in [2.45, 2.75) is 19.3 Å². The molecule has 2 aromatic carbocycles. The minimum Gasteiger partial charge on any atom is -0.361 e. The molecule has 0 saturated carbocycles. The van der Waals surface area contributed by atoms with Crippen LogP contribution in [-0.4, -0.2) is 41.3 Å². The average molecular weight is 411 g/mol. The highest BCUT2D eigenvalue weighted by atomic mass is 19.1. The molecule has 2 N–H and O–H groups in total. The molecule has 0 radical (unpaired) electrons. The highest BCUT2D eigenvalue weighted by Gasteiger charge is 2.33. The molecule has 1 aromatic heterocycles. The van der Waals surface area contributed by atoms with Crippen LogP contribution in [0.15, 0.2) is 48.7 Å². The van der Waals surface area contributed by atoms with Gasteiger partial charge in [0.1, 0.15) is 11.6 Å². The Bertz CT molecular complexity index is 1060. The Morgan fingerprint density at radius 3 is 2.67 bits per heavy atom. The zero-order valence-electron chi connectivity index (χ0n) is 16.5. The summed E-state index contributed by atoms with van der Waals surface area (Å²) in [6.45, 7) is 1.32. The number of hydrogen-bond acceptors (Lipinski definition) is 2. The fraction of sp³-hybridized carbons (Fsp3) is 0.304. The molecule has 4 rings (SSSR count). The summed E-state index contributed by atoms with van der Waals surface area (Å²) in [5.74, 6) is -1.13. The number of halogens is 2. The van der Waals surface area contributed by atoms with Crippen molar-refractivity contribution in [3.8, 4) is 0 Å². The second kappa shape index (κ2) is 8.65. The lowest BCUT2D eigenvalue weighted by Gasteiger charge is -2.16. The quantitative estimate of drug-likeness (QED) is 0.627. The van der Waals surface area contributed by atoms with Crippen LogP contribution in [0.3, 0.4) is 0 Å². The first-order valence-electron chi connectivity index (χ1n) is 10.0. The number of fused-ring (bicyclic) bond motifs is 1. The van der Waals surface area contributed by atoms with Gasteiger partial charge in [0.15, 0.2) is 0 Å². The summed E-state index contributed by atoms with van der Waals surface area (Å²) < 4.78 is 26.5. The number of nitrogens with zero attached hydrogens (tertiary/aromatic N) is 1. The smallest absolute Gasteiger partial charge is 0.225 e. The normalized spacial score (nSPS) is 16.4. The van der Waals surface area contributed by atoms with E-state index in [0.717, 1.165) is 22.0 Å². The van der Waals surface area contributed by atoms with E-state index in [1.807, 2.05) is 6.20 Å². The molecule has 1 aliphatic heterocycles. The van der Waals surface area contributed by atoms with Gasteiger partial charge in [-0.2, -0.15) is 0 Å². The van der Waals surface area contributed by atoms with Gasteiger partial charge in [-0.25, -0.2) is 8.78 Å². The van der Waals surface area contributed by atoms with E-state index in [4.69, 9.17) is 0 Å². The highest BCUT2D eigenvalue weighted by molar-refractivity contribution is 5.89. The monoisotopic (exact) mass is 411 g/mol. The standard InChI is InChI=1S/C23H23F2N3O2/c24-18-3-1-15(2-4-18)7-9-26-23(30)17-11-22(29)28(14-17)10-8-16-13-27-21-6-5-19(25)12-20(16)21/h1-6,12-13,17,27H,7-11,14H2,(H,26,30). The van der Waals surface area contributed by atoms with Gasteiger partial charge in [0.05, 0.1) is 5.92 Å². The van der Waals surface area contributed by atoms with E-state index in [9.17, 15) is 18.4 Å².